The lowest BCUT2D eigenvalue weighted by molar-refractivity contribution is -0.149. The summed E-state index contributed by atoms with van der Waals surface area (Å²) in [6, 6.07) is 0. The fourth-order valence-electron chi connectivity index (χ4n) is 2.26. The van der Waals surface area contributed by atoms with Crippen LogP contribution < -0.4 is 0 Å². The van der Waals surface area contributed by atoms with E-state index in [-0.39, 0.29) is 11.4 Å². The maximum Gasteiger partial charge on any atom is 0.320 e. The first-order valence-corrected chi connectivity index (χ1v) is 6.98. The van der Waals surface area contributed by atoms with E-state index in [0.29, 0.717) is 12.4 Å². The van der Waals surface area contributed by atoms with Crippen molar-refractivity contribution < 1.29 is 9.53 Å². The molecule has 1 aliphatic rings. The minimum atomic E-state index is -0.384. The van der Waals surface area contributed by atoms with E-state index in [1.54, 1.807) is 0 Å². The second kappa shape index (κ2) is 6.72. The van der Waals surface area contributed by atoms with Gasteiger partial charge in [0, 0.05) is 5.57 Å². The van der Waals surface area contributed by atoms with Crippen molar-refractivity contribution in [1.29, 1.82) is 0 Å². The van der Waals surface area contributed by atoms with Gasteiger partial charge in [-0.1, -0.05) is 46.1 Å². The van der Waals surface area contributed by atoms with Gasteiger partial charge < -0.3 is 4.74 Å². The molecule has 0 amide bonds. The predicted molar refractivity (Wildman–Crippen MR) is 74.7 cm³/mol. The number of cyclic esters (lactones) is 1. The Hall–Kier alpha value is -1.12. The Labute approximate surface area is 110 Å². The summed E-state index contributed by atoms with van der Waals surface area (Å²) < 4.78 is 5.37. The number of carbonyl (C=O) groups is 1. The minimum Gasteiger partial charge on any atom is -0.407 e. The van der Waals surface area contributed by atoms with E-state index < -0.39 is 0 Å². The molecule has 0 atom stereocenters. The quantitative estimate of drug-likeness (QED) is 0.644. The number of aliphatic imine (C=N–C) groups is 1. The van der Waals surface area contributed by atoms with Crippen molar-refractivity contribution in [2.45, 2.75) is 59.3 Å². The van der Waals surface area contributed by atoms with Crippen LogP contribution in [-0.4, -0.2) is 18.4 Å². The summed E-state index contributed by atoms with van der Waals surface area (Å²) in [6.45, 7) is 10.4. The van der Waals surface area contributed by atoms with Crippen LogP contribution in [0.4, 0.5) is 0 Å². The summed E-state index contributed by atoms with van der Waals surface area (Å²) in [6.07, 6.45) is 6.06. The first-order chi connectivity index (χ1) is 8.55. The van der Waals surface area contributed by atoms with Crippen LogP contribution in [0.5, 0.6) is 0 Å². The van der Waals surface area contributed by atoms with Gasteiger partial charge in [-0.25, -0.2) is 4.99 Å². The highest BCUT2D eigenvalue weighted by molar-refractivity contribution is 6.02. The Morgan fingerprint density at radius 2 is 1.89 bits per heavy atom. The molecule has 18 heavy (non-hydrogen) atoms. The number of hydrogen-bond acceptors (Lipinski definition) is 3. The molecule has 0 spiro atoms. The molecule has 1 aliphatic heterocycles. The van der Waals surface area contributed by atoms with Gasteiger partial charge in [-0.05, 0) is 19.8 Å². The predicted octanol–water partition coefficient (Wildman–Crippen LogP) is 3.88. The number of esters is 1. The number of hydrogen-bond donors (Lipinski definition) is 0. The lowest BCUT2D eigenvalue weighted by Crippen LogP contribution is -2.41. The van der Waals surface area contributed by atoms with Gasteiger partial charge >= 0.3 is 5.97 Å². The van der Waals surface area contributed by atoms with E-state index in [1.165, 1.54) is 0 Å². The van der Waals surface area contributed by atoms with Gasteiger partial charge in [-0.15, -0.1) is 0 Å². The number of nitrogens with zero attached hydrogens (tertiary/aromatic N) is 1. The van der Waals surface area contributed by atoms with Crippen molar-refractivity contribution in [2.75, 3.05) is 6.54 Å². The van der Waals surface area contributed by atoms with Crippen molar-refractivity contribution in [1.82, 2.24) is 0 Å². The minimum absolute atomic E-state index is 0.0996. The fraction of sp³-hybridized carbons (Fsp3) is 0.733. The smallest absolute Gasteiger partial charge is 0.320 e. The molecule has 0 aromatic heterocycles. The van der Waals surface area contributed by atoms with Crippen LogP contribution in [0.2, 0.25) is 0 Å². The van der Waals surface area contributed by atoms with E-state index in [9.17, 15) is 4.79 Å². The van der Waals surface area contributed by atoms with Gasteiger partial charge in [0.2, 0.25) is 5.90 Å². The van der Waals surface area contributed by atoms with Crippen LogP contribution in [0.3, 0.4) is 0 Å². The zero-order valence-electron chi connectivity index (χ0n) is 11.9. The highest BCUT2D eigenvalue weighted by atomic mass is 16.5. The van der Waals surface area contributed by atoms with Crippen molar-refractivity contribution in [3.63, 3.8) is 0 Å². The standard InChI is InChI=1S/C15H25NO2/c1-5-7-9-15(10-8-6-2)11-16-13(12(3)4)18-14(15)17/h3,5-11H2,1-2,4H3. The Kier molecular flexibility index (Phi) is 5.57. The Bertz CT molecular complexity index is 336. The van der Waals surface area contributed by atoms with Crippen molar-refractivity contribution in [3.8, 4) is 0 Å². The van der Waals surface area contributed by atoms with Crippen LogP contribution in [0.1, 0.15) is 59.3 Å². The van der Waals surface area contributed by atoms with Gasteiger partial charge in [0.05, 0.1) is 12.0 Å². The number of carbonyl (C=O) groups excluding carboxylic acids is 1. The summed E-state index contributed by atoms with van der Waals surface area (Å²) >= 11 is 0. The first kappa shape index (κ1) is 14.9. The van der Waals surface area contributed by atoms with Crippen LogP contribution in [0.25, 0.3) is 0 Å². The molecule has 3 heteroatoms. The van der Waals surface area contributed by atoms with Crippen molar-refractivity contribution in [2.24, 2.45) is 10.4 Å². The Balaban J connectivity index is 2.83. The molecule has 1 heterocycles. The molecule has 0 aliphatic carbocycles. The highest BCUT2D eigenvalue weighted by Crippen LogP contribution is 2.36. The molecule has 0 unspecified atom stereocenters. The first-order valence-electron chi connectivity index (χ1n) is 6.98. The molecule has 0 radical (unpaired) electrons. The van der Waals surface area contributed by atoms with Crippen LogP contribution >= 0.6 is 0 Å². The van der Waals surface area contributed by atoms with Crippen LogP contribution in [0, 0.1) is 5.41 Å². The lowest BCUT2D eigenvalue weighted by atomic mass is 9.77. The van der Waals surface area contributed by atoms with E-state index in [0.717, 1.165) is 44.1 Å². The molecular formula is C15H25NO2. The third kappa shape index (κ3) is 3.44. The molecule has 0 N–H and O–H groups in total. The average molecular weight is 251 g/mol. The average Bonchev–Trinajstić information content (AvgIpc) is 2.36. The zero-order valence-corrected chi connectivity index (χ0v) is 11.9. The summed E-state index contributed by atoms with van der Waals surface area (Å²) in [5, 5.41) is 0. The summed E-state index contributed by atoms with van der Waals surface area (Å²) in [5.41, 5.74) is 0.341. The zero-order chi connectivity index (χ0) is 13.6. The maximum atomic E-state index is 12.3. The maximum absolute atomic E-state index is 12.3. The highest BCUT2D eigenvalue weighted by Gasteiger charge is 2.42. The van der Waals surface area contributed by atoms with Gasteiger partial charge in [-0.3, -0.25) is 4.79 Å². The third-order valence-electron chi connectivity index (χ3n) is 3.53. The molecule has 0 bridgehead atoms. The topological polar surface area (TPSA) is 38.7 Å². The van der Waals surface area contributed by atoms with Crippen molar-refractivity contribution in [3.05, 3.63) is 12.2 Å². The van der Waals surface area contributed by atoms with E-state index in [2.05, 4.69) is 25.4 Å². The molecule has 0 fully saturated rings. The Morgan fingerprint density at radius 3 is 2.28 bits per heavy atom. The van der Waals surface area contributed by atoms with Crippen LogP contribution in [-0.2, 0) is 9.53 Å². The molecule has 102 valence electrons. The lowest BCUT2D eigenvalue weighted by Gasteiger charge is -2.33. The third-order valence-corrected chi connectivity index (χ3v) is 3.53. The molecular weight excluding hydrogens is 226 g/mol. The molecule has 0 aromatic rings. The van der Waals surface area contributed by atoms with Gasteiger partial charge in [0.15, 0.2) is 0 Å². The van der Waals surface area contributed by atoms with E-state index in [1.807, 2.05) is 6.92 Å². The number of unbranched alkanes of at least 4 members (excludes halogenated alkanes) is 2. The summed E-state index contributed by atoms with van der Waals surface area (Å²) in [5.74, 6) is 0.320. The summed E-state index contributed by atoms with van der Waals surface area (Å²) in [7, 11) is 0. The Morgan fingerprint density at radius 1 is 1.33 bits per heavy atom. The molecule has 0 aromatic carbocycles. The number of rotatable bonds is 7. The molecule has 0 saturated heterocycles. The molecule has 0 saturated carbocycles. The second-order valence-electron chi connectivity index (χ2n) is 5.28. The largest absolute Gasteiger partial charge is 0.407 e. The van der Waals surface area contributed by atoms with Crippen molar-refractivity contribution >= 4 is 11.9 Å². The molecule has 3 nitrogen and oxygen atoms in total. The summed E-state index contributed by atoms with van der Waals surface area (Å²) in [4.78, 5) is 16.7. The van der Waals surface area contributed by atoms with Crippen LogP contribution in [0.15, 0.2) is 17.1 Å². The van der Waals surface area contributed by atoms with Gasteiger partial charge in [0.25, 0.3) is 0 Å². The van der Waals surface area contributed by atoms with Gasteiger partial charge in [-0.2, -0.15) is 0 Å². The number of ether oxygens (including phenoxy) is 1. The van der Waals surface area contributed by atoms with E-state index in [4.69, 9.17) is 4.74 Å². The molecule has 1 rings (SSSR count). The van der Waals surface area contributed by atoms with Gasteiger partial charge in [0.1, 0.15) is 0 Å². The second-order valence-corrected chi connectivity index (χ2v) is 5.28. The fourth-order valence-corrected chi connectivity index (χ4v) is 2.26. The normalized spacial score (nSPS) is 18.2. The monoisotopic (exact) mass is 251 g/mol. The van der Waals surface area contributed by atoms with E-state index >= 15 is 0 Å². The SMILES string of the molecule is C=C(C)C1=NCC(CCCC)(CCCC)C(=O)O1.